The Balaban J connectivity index is 1.72. The van der Waals surface area contributed by atoms with E-state index in [0.717, 1.165) is 45.7 Å². The number of ether oxygens (including phenoxy) is 1. The second kappa shape index (κ2) is 7.91. The van der Waals surface area contributed by atoms with Gasteiger partial charge in [-0.3, -0.25) is 4.90 Å². The van der Waals surface area contributed by atoms with Crippen molar-refractivity contribution in [1.29, 1.82) is 0 Å². The maximum atomic E-state index is 5.48. The molecule has 0 aromatic carbocycles. The van der Waals surface area contributed by atoms with Crippen LogP contribution in [0.15, 0.2) is 12.3 Å². The van der Waals surface area contributed by atoms with E-state index >= 15 is 0 Å². The van der Waals surface area contributed by atoms with Crippen molar-refractivity contribution in [3.63, 3.8) is 0 Å². The van der Waals surface area contributed by atoms with Gasteiger partial charge in [-0.25, -0.2) is 4.98 Å². The lowest BCUT2D eigenvalue weighted by molar-refractivity contribution is 0.249. The van der Waals surface area contributed by atoms with E-state index in [4.69, 9.17) is 4.74 Å². The quantitative estimate of drug-likeness (QED) is 0.752. The van der Waals surface area contributed by atoms with E-state index in [1.165, 1.54) is 0 Å². The van der Waals surface area contributed by atoms with Crippen molar-refractivity contribution in [1.82, 2.24) is 20.2 Å². The molecule has 0 amide bonds. The molecule has 0 aliphatic carbocycles. The molecular formula is C13H23N5O. The number of nitrogens with zero attached hydrogens (tertiary/aromatic N) is 3. The molecule has 0 spiro atoms. The Morgan fingerprint density at radius 2 is 2.26 bits per heavy atom. The van der Waals surface area contributed by atoms with Crippen LogP contribution in [-0.2, 0) is 0 Å². The second-order valence-corrected chi connectivity index (χ2v) is 4.59. The SMILES string of the molecule is CCCOc1ccnc(NCCN2CCNCC2)n1. The van der Waals surface area contributed by atoms with Crippen LogP contribution in [0.3, 0.4) is 0 Å². The van der Waals surface area contributed by atoms with Crippen molar-refractivity contribution < 1.29 is 4.74 Å². The molecule has 1 aliphatic heterocycles. The van der Waals surface area contributed by atoms with Gasteiger partial charge in [0.2, 0.25) is 11.8 Å². The smallest absolute Gasteiger partial charge is 0.225 e. The summed E-state index contributed by atoms with van der Waals surface area (Å²) in [7, 11) is 0. The second-order valence-electron chi connectivity index (χ2n) is 4.59. The summed E-state index contributed by atoms with van der Waals surface area (Å²) in [6.07, 6.45) is 2.71. The highest BCUT2D eigenvalue weighted by atomic mass is 16.5. The molecule has 2 N–H and O–H groups in total. The van der Waals surface area contributed by atoms with Crippen LogP contribution in [-0.4, -0.2) is 60.7 Å². The molecule has 0 atom stereocenters. The number of nitrogens with one attached hydrogen (secondary N) is 2. The summed E-state index contributed by atoms with van der Waals surface area (Å²) in [5, 5.41) is 6.59. The summed E-state index contributed by atoms with van der Waals surface area (Å²) < 4.78 is 5.48. The van der Waals surface area contributed by atoms with Crippen LogP contribution >= 0.6 is 0 Å². The molecule has 6 nitrogen and oxygen atoms in total. The van der Waals surface area contributed by atoms with Crippen molar-refractivity contribution in [3.05, 3.63) is 12.3 Å². The first kappa shape index (κ1) is 14.0. The first-order chi connectivity index (χ1) is 9.38. The summed E-state index contributed by atoms with van der Waals surface area (Å²) >= 11 is 0. The van der Waals surface area contributed by atoms with Crippen LogP contribution in [0.1, 0.15) is 13.3 Å². The van der Waals surface area contributed by atoms with Crippen LogP contribution in [0, 0.1) is 0 Å². The maximum absolute atomic E-state index is 5.48. The molecule has 1 aromatic heterocycles. The fourth-order valence-corrected chi connectivity index (χ4v) is 1.97. The minimum atomic E-state index is 0.640. The maximum Gasteiger partial charge on any atom is 0.225 e. The van der Waals surface area contributed by atoms with E-state index in [9.17, 15) is 0 Å². The van der Waals surface area contributed by atoms with E-state index in [0.29, 0.717) is 18.4 Å². The van der Waals surface area contributed by atoms with Crippen LogP contribution in [0.2, 0.25) is 0 Å². The van der Waals surface area contributed by atoms with E-state index in [-0.39, 0.29) is 0 Å². The van der Waals surface area contributed by atoms with Gasteiger partial charge in [-0.15, -0.1) is 0 Å². The number of aromatic nitrogens is 2. The van der Waals surface area contributed by atoms with Gasteiger partial charge in [0.15, 0.2) is 0 Å². The van der Waals surface area contributed by atoms with Crippen molar-refractivity contribution in [2.75, 3.05) is 51.2 Å². The number of piperazine rings is 1. The summed E-state index contributed by atoms with van der Waals surface area (Å²) in [6.45, 7) is 9.03. The lowest BCUT2D eigenvalue weighted by Gasteiger charge is -2.27. The van der Waals surface area contributed by atoms with Crippen molar-refractivity contribution in [3.8, 4) is 5.88 Å². The normalized spacial score (nSPS) is 16.3. The predicted octanol–water partition coefficient (Wildman–Crippen LogP) is 0.583. The fourth-order valence-electron chi connectivity index (χ4n) is 1.97. The van der Waals surface area contributed by atoms with Crippen LogP contribution in [0.5, 0.6) is 5.88 Å². The third kappa shape index (κ3) is 5.00. The Hall–Kier alpha value is -1.40. The monoisotopic (exact) mass is 265 g/mol. The van der Waals surface area contributed by atoms with Gasteiger partial charge in [-0.1, -0.05) is 6.92 Å². The van der Waals surface area contributed by atoms with Crippen molar-refractivity contribution in [2.24, 2.45) is 0 Å². The van der Waals surface area contributed by atoms with Gasteiger partial charge in [-0.2, -0.15) is 4.98 Å². The molecule has 0 bridgehead atoms. The minimum absolute atomic E-state index is 0.640. The van der Waals surface area contributed by atoms with Crippen molar-refractivity contribution >= 4 is 5.95 Å². The fraction of sp³-hybridized carbons (Fsp3) is 0.692. The molecule has 6 heteroatoms. The van der Waals surface area contributed by atoms with Crippen LogP contribution in [0.4, 0.5) is 5.95 Å². The first-order valence-electron chi connectivity index (χ1n) is 7.01. The number of hydrogen-bond donors (Lipinski definition) is 2. The zero-order valence-corrected chi connectivity index (χ0v) is 11.6. The number of rotatable bonds is 7. The third-order valence-electron chi connectivity index (χ3n) is 3.00. The summed E-state index contributed by atoms with van der Waals surface area (Å²) in [6, 6.07) is 1.79. The van der Waals surface area contributed by atoms with E-state index in [1.54, 1.807) is 12.3 Å². The lowest BCUT2D eigenvalue weighted by Crippen LogP contribution is -2.45. The number of anilines is 1. The van der Waals surface area contributed by atoms with E-state index in [2.05, 4.69) is 32.4 Å². The highest BCUT2D eigenvalue weighted by Gasteiger charge is 2.08. The molecular weight excluding hydrogens is 242 g/mol. The van der Waals surface area contributed by atoms with E-state index < -0.39 is 0 Å². The van der Waals surface area contributed by atoms with Gasteiger partial charge in [0, 0.05) is 51.5 Å². The molecule has 0 unspecified atom stereocenters. The Kier molecular flexibility index (Phi) is 5.84. The van der Waals surface area contributed by atoms with E-state index in [1.807, 2.05) is 0 Å². The highest BCUT2D eigenvalue weighted by molar-refractivity contribution is 5.27. The zero-order chi connectivity index (χ0) is 13.3. The number of hydrogen-bond acceptors (Lipinski definition) is 6. The largest absolute Gasteiger partial charge is 0.478 e. The minimum Gasteiger partial charge on any atom is -0.478 e. The molecule has 0 saturated carbocycles. The highest BCUT2D eigenvalue weighted by Crippen LogP contribution is 2.08. The standard InChI is InChI=1S/C13H23N5O/c1-2-11-19-12-3-4-15-13(17-12)16-7-10-18-8-5-14-6-9-18/h3-4,14H,2,5-11H2,1H3,(H,15,16,17). The summed E-state index contributed by atoms with van der Waals surface area (Å²) in [5.41, 5.74) is 0. The van der Waals surface area contributed by atoms with Crippen LogP contribution < -0.4 is 15.4 Å². The molecule has 0 radical (unpaired) electrons. The lowest BCUT2D eigenvalue weighted by atomic mass is 10.3. The Morgan fingerprint density at radius 3 is 3.05 bits per heavy atom. The first-order valence-corrected chi connectivity index (χ1v) is 7.01. The van der Waals surface area contributed by atoms with Gasteiger partial charge < -0.3 is 15.4 Å². The summed E-state index contributed by atoms with van der Waals surface area (Å²) in [5.74, 6) is 1.28. The Bertz CT molecular complexity index is 368. The van der Waals surface area contributed by atoms with Gasteiger partial charge >= 0.3 is 0 Å². The van der Waals surface area contributed by atoms with Gasteiger partial charge in [0.05, 0.1) is 6.61 Å². The van der Waals surface area contributed by atoms with Gasteiger partial charge in [-0.05, 0) is 6.42 Å². The van der Waals surface area contributed by atoms with Crippen LogP contribution in [0.25, 0.3) is 0 Å². The molecule has 2 rings (SSSR count). The molecule has 19 heavy (non-hydrogen) atoms. The Morgan fingerprint density at radius 1 is 1.42 bits per heavy atom. The average Bonchev–Trinajstić information content (AvgIpc) is 2.47. The molecule has 1 aromatic rings. The topological polar surface area (TPSA) is 62.3 Å². The Labute approximate surface area is 114 Å². The predicted molar refractivity (Wildman–Crippen MR) is 75.6 cm³/mol. The molecule has 1 aliphatic rings. The molecule has 106 valence electrons. The van der Waals surface area contributed by atoms with Gasteiger partial charge in [0.1, 0.15) is 0 Å². The third-order valence-corrected chi connectivity index (χ3v) is 3.00. The van der Waals surface area contributed by atoms with Crippen molar-refractivity contribution in [2.45, 2.75) is 13.3 Å². The molecule has 2 heterocycles. The van der Waals surface area contributed by atoms with Gasteiger partial charge in [0.25, 0.3) is 0 Å². The molecule has 1 fully saturated rings. The zero-order valence-electron chi connectivity index (χ0n) is 11.6. The average molecular weight is 265 g/mol. The molecule has 1 saturated heterocycles. The summed E-state index contributed by atoms with van der Waals surface area (Å²) in [4.78, 5) is 10.9.